The summed E-state index contributed by atoms with van der Waals surface area (Å²) in [5.41, 5.74) is 2.19. The molecule has 0 atom stereocenters. The van der Waals surface area contributed by atoms with Crippen LogP contribution in [0, 0.1) is 0 Å². The molecule has 0 aliphatic carbocycles. The Balaban J connectivity index is 1.44. The Kier molecular flexibility index (Phi) is 5.83. The van der Waals surface area contributed by atoms with Gasteiger partial charge in [0.15, 0.2) is 0 Å². The van der Waals surface area contributed by atoms with Gasteiger partial charge in [-0.15, -0.1) is 0 Å². The van der Waals surface area contributed by atoms with Crippen molar-refractivity contribution in [3.8, 4) is 0 Å². The second kappa shape index (κ2) is 9.06. The van der Waals surface area contributed by atoms with Gasteiger partial charge in [-0.05, 0) is 30.2 Å². The quantitative estimate of drug-likeness (QED) is 0.439. The van der Waals surface area contributed by atoms with Crippen molar-refractivity contribution in [1.82, 2.24) is 19.0 Å². The number of aryl methyl sites for hydroxylation is 2. The third-order valence-electron chi connectivity index (χ3n) is 6.13. The molecule has 0 radical (unpaired) electrons. The van der Waals surface area contributed by atoms with Gasteiger partial charge in [-0.25, -0.2) is 4.98 Å². The highest BCUT2D eigenvalue weighted by Gasteiger charge is 2.13. The molecule has 1 aliphatic rings. The van der Waals surface area contributed by atoms with E-state index in [0.29, 0.717) is 34.9 Å². The molecule has 5 rings (SSSR count). The van der Waals surface area contributed by atoms with Gasteiger partial charge in [0.25, 0.3) is 11.1 Å². The van der Waals surface area contributed by atoms with Gasteiger partial charge in [-0.2, -0.15) is 0 Å². The fourth-order valence-corrected chi connectivity index (χ4v) is 4.23. The first-order chi connectivity index (χ1) is 15.7. The summed E-state index contributed by atoms with van der Waals surface area (Å²) in [6.07, 6.45) is 4.35. The number of rotatable bonds is 6. The second-order valence-corrected chi connectivity index (χ2v) is 8.17. The van der Waals surface area contributed by atoms with Crippen LogP contribution < -0.4 is 11.1 Å². The lowest BCUT2D eigenvalue weighted by Crippen LogP contribution is -2.39. The van der Waals surface area contributed by atoms with E-state index in [2.05, 4.69) is 22.0 Å². The Bertz CT molecular complexity index is 1350. The number of hydrogen-bond acceptors (Lipinski definition) is 5. The van der Waals surface area contributed by atoms with Crippen molar-refractivity contribution in [3.63, 3.8) is 0 Å². The Hall–Kier alpha value is -3.29. The van der Waals surface area contributed by atoms with Crippen LogP contribution in [-0.2, 0) is 24.2 Å². The smallest absolute Gasteiger partial charge is 0.260 e. The number of hydrogen-bond donors (Lipinski definition) is 0. The van der Waals surface area contributed by atoms with Crippen LogP contribution in [0.3, 0.4) is 0 Å². The van der Waals surface area contributed by atoms with Crippen molar-refractivity contribution >= 4 is 21.8 Å². The van der Waals surface area contributed by atoms with E-state index in [4.69, 9.17) is 4.74 Å². The van der Waals surface area contributed by atoms with E-state index in [1.54, 1.807) is 27.6 Å². The van der Waals surface area contributed by atoms with Crippen LogP contribution in [0.2, 0.25) is 0 Å². The van der Waals surface area contributed by atoms with Gasteiger partial charge in [-0.1, -0.05) is 30.3 Å². The molecular formula is C25H26N4O3. The van der Waals surface area contributed by atoms with Gasteiger partial charge >= 0.3 is 0 Å². The topological polar surface area (TPSA) is 69.4 Å². The van der Waals surface area contributed by atoms with E-state index >= 15 is 0 Å². The largest absolute Gasteiger partial charge is 0.379 e. The molecule has 1 aromatic carbocycles. The van der Waals surface area contributed by atoms with E-state index < -0.39 is 0 Å². The van der Waals surface area contributed by atoms with Gasteiger partial charge in [-0.3, -0.25) is 14.5 Å². The maximum atomic E-state index is 13.1. The van der Waals surface area contributed by atoms with Crippen LogP contribution in [-0.4, -0.2) is 51.9 Å². The summed E-state index contributed by atoms with van der Waals surface area (Å²) in [6, 6.07) is 15.5. The molecule has 0 unspecified atom stereocenters. The summed E-state index contributed by atoms with van der Waals surface area (Å²) in [5.74, 6) is 0. The number of ether oxygens (including phenoxy) is 1. The molecule has 1 fully saturated rings. The van der Waals surface area contributed by atoms with E-state index in [1.807, 2.05) is 30.3 Å². The third kappa shape index (κ3) is 4.22. The standard InChI is InChI=1S/C25H26N4O3/c30-24-20-18-21-23(8-11-29(25(21)31)13-12-27-14-16-32-17-15-27)26-22(20)7-10-28(24)9-6-19-4-2-1-3-5-19/h1-5,7-8,10-11,18H,6,9,12-17H2. The molecule has 0 saturated carbocycles. The summed E-state index contributed by atoms with van der Waals surface area (Å²) >= 11 is 0. The van der Waals surface area contributed by atoms with E-state index in [9.17, 15) is 9.59 Å². The molecule has 4 aromatic rings. The van der Waals surface area contributed by atoms with Crippen molar-refractivity contribution < 1.29 is 4.74 Å². The Morgan fingerprint density at radius 3 is 2.06 bits per heavy atom. The lowest BCUT2D eigenvalue weighted by atomic mass is 10.1. The highest BCUT2D eigenvalue weighted by atomic mass is 16.5. The van der Waals surface area contributed by atoms with Crippen LogP contribution in [0.4, 0.5) is 0 Å². The highest BCUT2D eigenvalue weighted by molar-refractivity contribution is 5.91. The van der Waals surface area contributed by atoms with Crippen LogP contribution in [0.1, 0.15) is 5.56 Å². The summed E-state index contributed by atoms with van der Waals surface area (Å²) in [5, 5.41) is 0.968. The van der Waals surface area contributed by atoms with Gasteiger partial charge in [0.05, 0.1) is 35.0 Å². The molecule has 0 bridgehead atoms. The lowest BCUT2D eigenvalue weighted by molar-refractivity contribution is 0.0363. The van der Waals surface area contributed by atoms with Crippen molar-refractivity contribution in [1.29, 1.82) is 0 Å². The maximum absolute atomic E-state index is 13.1. The number of aromatic nitrogens is 3. The Labute approximate surface area is 185 Å². The van der Waals surface area contributed by atoms with Crippen LogP contribution in [0.15, 0.2) is 70.5 Å². The first kappa shape index (κ1) is 20.6. The average Bonchev–Trinajstić information content (AvgIpc) is 2.84. The lowest BCUT2D eigenvalue weighted by Gasteiger charge is -2.26. The van der Waals surface area contributed by atoms with E-state index in [0.717, 1.165) is 39.3 Å². The second-order valence-electron chi connectivity index (χ2n) is 8.17. The zero-order valence-electron chi connectivity index (χ0n) is 17.9. The molecule has 3 aromatic heterocycles. The van der Waals surface area contributed by atoms with Crippen LogP contribution in [0.25, 0.3) is 21.8 Å². The Morgan fingerprint density at radius 2 is 1.41 bits per heavy atom. The predicted octanol–water partition coefficient (Wildman–Crippen LogP) is 2.29. The minimum absolute atomic E-state index is 0.107. The molecule has 32 heavy (non-hydrogen) atoms. The van der Waals surface area contributed by atoms with Gasteiger partial charge < -0.3 is 13.9 Å². The molecule has 0 spiro atoms. The van der Waals surface area contributed by atoms with Crippen molar-refractivity contribution in [2.24, 2.45) is 0 Å². The van der Waals surface area contributed by atoms with Crippen molar-refractivity contribution in [2.45, 2.75) is 19.5 Å². The fraction of sp³-hybridized carbons (Fsp3) is 0.320. The molecule has 1 aliphatic heterocycles. The normalized spacial score (nSPS) is 14.9. The first-order valence-electron chi connectivity index (χ1n) is 11.1. The predicted molar refractivity (Wildman–Crippen MR) is 125 cm³/mol. The van der Waals surface area contributed by atoms with Gasteiger partial charge in [0, 0.05) is 45.1 Å². The third-order valence-corrected chi connectivity index (χ3v) is 6.13. The SMILES string of the molecule is O=c1c2cc3c(=O)n(CCN4CCOCC4)ccc3nc2ccn1CCc1ccccc1. The molecule has 0 amide bonds. The minimum atomic E-state index is -0.115. The minimum Gasteiger partial charge on any atom is -0.379 e. The molecule has 0 N–H and O–H groups in total. The van der Waals surface area contributed by atoms with Crippen LogP contribution >= 0.6 is 0 Å². The number of nitrogens with zero attached hydrogens (tertiary/aromatic N) is 4. The number of benzene rings is 1. The molecule has 4 heterocycles. The summed E-state index contributed by atoms with van der Waals surface area (Å²) in [7, 11) is 0. The fourth-order valence-electron chi connectivity index (χ4n) is 4.23. The van der Waals surface area contributed by atoms with Gasteiger partial charge in [0.1, 0.15) is 0 Å². The molecule has 1 saturated heterocycles. The van der Waals surface area contributed by atoms with Crippen LogP contribution in [0.5, 0.6) is 0 Å². The summed E-state index contributed by atoms with van der Waals surface area (Å²) in [6.45, 7) is 5.21. The molecule has 164 valence electrons. The average molecular weight is 431 g/mol. The maximum Gasteiger partial charge on any atom is 0.260 e. The number of pyridine rings is 3. The number of morpholine rings is 1. The van der Waals surface area contributed by atoms with Gasteiger partial charge in [0.2, 0.25) is 0 Å². The van der Waals surface area contributed by atoms with Crippen molar-refractivity contribution in [2.75, 3.05) is 32.8 Å². The molecule has 7 heteroatoms. The monoisotopic (exact) mass is 430 g/mol. The first-order valence-corrected chi connectivity index (χ1v) is 11.1. The zero-order chi connectivity index (χ0) is 21.9. The zero-order valence-corrected chi connectivity index (χ0v) is 17.9. The molecule has 7 nitrogen and oxygen atoms in total. The van der Waals surface area contributed by atoms with E-state index in [-0.39, 0.29) is 11.1 Å². The summed E-state index contributed by atoms with van der Waals surface area (Å²) < 4.78 is 8.79. The van der Waals surface area contributed by atoms with E-state index in [1.165, 1.54) is 5.56 Å². The molecular weight excluding hydrogens is 404 g/mol. The number of fused-ring (bicyclic) bond motifs is 2. The highest BCUT2D eigenvalue weighted by Crippen LogP contribution is 2.14. The summed E-state index contributed by atoms with van der Waals surface area (Å²) in [4.78, 5) is 33.1. The van der Waals surface area contributed by atoms with Crippen molar-refractivity contribution in [3.05, 3.63) is 87.2 Å². The Morgan fingerprint density at radius 1 is 0.781 bits per heavy atom.